The zero-order chi connectivity index (χ0) is 23.0. The van der Waals surface area contributed by atoms with E-state index in [-0.39, 0.29) is 22.2 Å². The summed E-state index contributed by atoms with van der Waals surface area (Å²) < 4.78 is 49.0. The molecule has 1 atom stereocenters. The number of nitrogens with one attached hydrogen (secondary N) is 1. The molecular weight excluding hydrogens is 433 g/mol. The number of aliphatic hydroxyl groups excluding tert-OH is 1. The van der Waals surface area contributed by atoms with Gasteiger partial charge in [0, 0.05) is 6.54 Å². The van der Waals surface area contributed by atoms with Crippen LogP contribution in [-0.4, -0.2) is 46.4 Å². The van der Waals surface area contributed by atoms with Crippen LogP contribution in [-0.2, 0) is 16.3 Å². The minimum atomic E-state index is -3.62. The predicted octanol–water partition coefficient (Wildman–Crippen LogP) is 3.24. The Morgan fingerprint density at radius 3 is 2.38 bits per heavy atom. The Hall–Kier alpha value is -2.94. The lowest BCUT2D eigenvalue weighted by atomic mass is 10.1. The molecule has 0 heterocycles. The van der Waals surface area contributed by atoms with E-state index in [1.165, 1.54) is 37.4 Å². The molecule has 1 unspecified atom stereocenters. The Labute approximate surface area is 187 Å². The molecule has 0 bridgehead atoms. The third-order valence-electron chi connectivity index (χ3n) is 4.81. The third-order valence-corrected chi connectivity index (χ3v) is 6.58. The van der Waals surface area contributed by atoms with E-state index in [0.717, 1.165) is 5.56 Å². The van der Waals surface area contributed by atoms with Crippen molar-refractivity contribution in [1.29, 1.82) is 0 Å². The maximum Gasteiger partial charge on any atom is 0.206 e. The number of methoxy groups -OCH3 is 1. The molecule has 0 spiro atoms. The van der Waals surface area contributed by atoms with E-state index >= 15 is 0 Å². The molecule has 0 amide bonds. The summed E-state index contributed by atoms with van der Waals surface area (Å²) in [5.74, 6) is 0.638. The first-order valence-electron chi connectivity index (χ1n) is 10.1. The van der Waals surface area contributed by atoms with Crippen LogP contribution >= 0.6 is 0 Å². The van der Waals surface area contributed by atoms with Crippen molar-refractivity contribution in [3.8, 4) is 11.5 Å². The average Bonchev–Trinajstić information content (AvgIpc) is 2.82. The van der Waals surface area contributed by atoms with Gasteiger partial charge in [-0.15, -0.1) is 0 Å². The Morgan fingerprint density at radius 2 is 1.69 bits per heavy atom. The minimum Gasteiger partial charge on any atom is -0.497 e. The van der Waals surface area contributed by atoms with Crippen molar-refractivity contribution >= 4 is 9.84 Å². The van der Waals surface area contributed by atoms with Crippen LogP contribution in [0, 0.1) is 5.82 Å². The van der Waals surface area contributed by atoms with Gasteiger partial charge < -0.3 is 19.9 Å². The van der Waals surface area contributed by atoms with E-state index in [2.05, 4.69) is 5.32 Å². The van der Waals surface area contributed by atoms with Gasteiger partial charge in [-0.25, -0.2) is 12.8 Å². The molecule has 3 rings (SSSR count). The van der Waals surface area contributed by atoms with Crippen molar-refractivity contribution in [2.24, 2.45) is 0 Å². The topological polar surface area (TPSA) is 84.9 Å². The van der Waals surface area contributed by atoms with Crippen LogP contribution in [0.5, 0.6) is 11.5 Å². The largest absolute Gasteiger partial charge is 0.497 e. The molecule has 6 nitrogen and oxygen atoms in total. The van der Waals surface area contributed by atoms with Crippen LogP contribution in [0.25, 0.3) is 0 Å². The van der Waals surface area contributed by atoms with Gasteiger partial charge in [-0.1, -0.05) is 18.2 Å². The van der Waals surface area contributed by atoms with Crippen LogP contribution < -0.4 is 14.8 Å². The Kier molecular flexibility index (Phi) is 8.21. The molecule has 0 aliphatic carbocycles. The second kappa shape index (κ2) is 11.1. The van der Waals surface area contributed by atoms with Crippen molar-refractivity contribution in [2.75, 3.05) is 26.8 Å². The van der Waals surface area contributed by atoms with Gasteiger partial charge >= 0.3 is 0 Å². The highest BCUT2D eigenvalue weighted by Gasteiger charge is 2.18. The first-order chi connectivity index (χ1) is 15.4. The molecule has 3 aromatic carbocycles. The predicted molar refractivity (Wildman–Crippen MR) is 119 cm³/mol. The summed E-state index contributed by atoms with van der Waals surface area (Å²) in [4.78, 5) is 0.402. The highest BCUT2D eigenvalue weighted by Crippen LogP contribution is 2.24. The van der Waals surface area contributed by atoms with E-state index in [0.29, 0.717) is 31.0 Å². The van der Waals surface area contributed by atoms with E-state index in [9.17, 15) is 17.9 Å². The summed E-state index contributed by atoms with van der Waals surface area (Å²) in [7, 11) is -2.13. The fraction of sp³-hybridized carbons (Fsp3) is 0.250. The van der Waals surface area contributed by atoms with Crippen LogP contribution in [0.2, 0.25) is 0 Å². The van der Waals surface area contributed by atoms with E-state index in [1.807, 2.05) is 0 Å². The smallest absolute Gasteiger partial charge is 0.206 e. The zero-order valence-corrected chi connectivity index (χ0v) is 18.5. The van der Waals surface area contributed by atoms with Crippen molar-refractivity contribution in [2.45, 2.75) is 22.3 Å². The summed E-state index contributed by atoms with van der Waals surface area (Å²) >= 11 is 0. The number of aliphatic hydroxyl groups is 1. The molecule has 0 saturated heterocycles. The number of benzene rings is 3. The molecule has 0 aromatic heterocycles. The SMILES string of the molecule is COc1cccc(S(=O)(=O)c2ccc(CCNCC(O)COc3ccc(F)cc3)cc2)c1. The van der Waals surface area contributed by atoms with Crippen molar-refractivity contribution in [3.63, 3.8) is 0 Å². The maximum absolute atomic E-state index is 12.9. The summed E-state index contributed by atoms with van der Waals surface area (Å²) in [6, 6.07) is 18.7. The molecule has 0 radical (unpaired) electrons. The summed E-state index contributed by atoms with van der Waals surface area (Å²) in [5.41, 5.74) is 0.971. The van der Waals surface area contributed by atoms with Gasteiger partial charge in [-0.3, -0.25) is 0 Å². The lowest BCUT2D eigenvalue weighted by molar-refractivity contribution is 0.106. The summed E-state index contributed by atoms with van der Waals surface area (Å²) in [6.45, 7) is 1.04. The van der Waals surface area contributed by atoms with Gasteiger partial charge in [0.2, 0.25) is 9.84 Å². The lowest BCUT2D eigenvalue weighted by Crippen LogP contribution is -2.32. The molecule has 3 aromatic rings. The van der Waals surface area contributed by atoms with Crippen molar-refractivity contribution in [1.82, 2.24) is 5.32 Å². The fourth-order valence-corrected chi connectivity index (χ4v) is 4.32. The molecule has 2 N–H and O–H groups in total. The number of rotatable bonds is 11. The number of ether oxygens (including phenoxy) is 2. The molecular formula is C24H26FNO5S. The number of halogens is 1. The molecule has 32 heavy (non-hydrogen) atoms. The van der Waals surface area contributed by atoms with Crippen LogP contribution in [0.4, 0.5) is 4.39 Å². The van der Waals surface area contributed by atoms with Crippen LogP contribution in [0.1, 0.15) is 5.56 Å². The zero-order valence-electron chi connectivity index (χ0n) is 17.7. The molecule has 170 valence electrons. The van der Waals surface area contributed by atoms with E-state index < -0.39 is 15.9 Å². The first kappa shape index (κ1) is 23.7. The second-order valence-electron chi connectivity index (χ2n) is 7.20. The molecule has 0 aliphatic rings. The monoisotopic (exact) mass is 459 g/mol. The Balaban J connectivity index is 1.45. The van der Waals surface area contributed by atoms with Crippen LogP contribution in [0.3, 0.4) is 0 Å². The maximum atomic E-state index is 12.9. The molecule has 8 heteroatoms. The molecule has 0 aliphatic heterocycles. The molecule has 0 fully saturated rings. The van der Waals surface area contributed by atoms with Gasteiger partial charge in [0.15, 0.2) is 0 Å². The Morgan fingerprint density at radius 1 is 0.969 bits per heavy atom. The Bertz CT molecular complexity index is 1100. The summed E-state index contributed by atoms with van der Waals surface area (Å²) in [6.07, 6.45) is -0.0409. The van der Waals surface area contributed by atoms with Gasteiger partial charge in [-0.2, -0.15) is 0 Å². The summed E-state index contributed by atoms with van der Waals surface area (Å²) in [5, 5.41) is 13.1. The van der Waals surface area contributed by atoms with E-state index in [1.54, 1.807) is 42.5 Å². The van der Waals surface area contributed by atoms with Crippen molar-refractivity contribution in [3.05, 3.63) is 84.2 Å². The number of sulfone groups is 1. The second-order valence-corrected chi connectivity index (χ2v) is 9.15. The highest BCUT2D eigenvalue weighted by molar-refractivity contribution is 7.91. The average molecular weight is 460 g/mol. The van der Waals surface area contributed by atoms with E-state index in [4.69, 9.17) is 9.47 Å². The third kappa shape index (κ3) is 6.53. The van der Waals surface area contributed by atoms with Crippen molar-refractivity contribution < 1.29 is 27.4 Å². The number of hydrogen-bond donors (Lipinski definition) is 2. The van der Waals surface area contributed by atoms with Gasteiger partial charge in [0.1, 0.15) is 30.0 Å². The molecule has 0 saturated carbocycles. The lowest BCUT2D eigenvalue weighted by Gasteiger charge is -2.13. The van der Waals surface area contributed by atoms with Gasteiger partial charge in [0.05, 0.1) is 16.9 Å². The highest BCUT2D eigenvalue weighted by atomic mass is 32.2. The standard InChI is InChI=1S/C24H26FNO5S/c1-30-22-3-2-4-24(15-22)32(28,29)23-11-5-18(6-12-23)13-14-26-16-20(27)17-31-21-9-7-19(25)8-10-21/h2-12,15,20,26-27H,13-14,16-17H2,1H3. The van der Waals surface area contributed by atoms with Crippen LogP contribution in [0.15, 0.2) is 82.6 Å². The minimum absolute atomic E-state index is 0.0927. The van der Waals surface area contributed by atoms with Gasteiger partial charge in [-0.05, 0) is 73.1 Å². The number of hydrogen-bond acceptors (Lipinski definition) is 6. The van der Waals surface area contributed by atoms with Gasteiger partial charge in [0.25, 0.3) is 0 Å². The normalized spacial score (nSPS) is 12.3. The quantitative estimate of drug-likeness (QED) is 0.428. The fourth-order valence-electron chi connectivity index (χ4n) is 3.02. The first-order valence-corrected chi connectivity index (χ1v) is 11.6.